The van der Waals surface area contributed by atoms with Crippen LogP contribution in [0.4, 0.5) is 0 Å². The molecular weight excluding hydrogens is 230 g/mol. The van der Waals surface area contributed by atoms with Crippen LogP contribution in [0.2, 0.25) is 0 Å². The first-order valence-electron chi connectivity index (χ1n) is 6.39. The van der Waals surface area contributed by atoms with E-state index in [2.05, 4.69) is 0 Å². The van der Waals surface area contributed by atoms with E-state index >= 15 is 0 Å². The Morgan fingerprint density at radius 2 is 2.06 bits per heavy atom. The second-order valence-corrected chi connectivity index (χ2v) is 5.23. The highest BCUT2D eigenvalue weighted by molar-refractivity contribution is 5.90. The average Bonchev–Trinajstić information content (AvgIpc) is 2.11. The van der Waals surface area contributed by atoms with Crippen molar-refractivity contribution in [3.63, 3.8) is 0 Å². The van der Waals surface area contributed by atoms with Crippen molar-refractivity contribution in [3.05, 3.63) is 33.2 Å². The highest BCUT2D eigenvalue weighted by Crippen LogP contribution is 2.36. The summed E-state index contributed by atoms with van der Waals surface area (Å²) in [6, 6.07) is 1.52. The second kappa shape index (κ2) is 4.59. The van der Waals surface area contributed by atoms with Gasteiger partial charge >= 0.3 is 5.97 Å². The first-order valence-corrected chi connectivity index (χ1v) is 6.39. The van der Waals surface area contributed by atoms with E-state index in [-0.39, 0.29) is 17.2 Å². The lowest BCUT2D eigenvalue weighted by atomic mass is 9.80. The molecule has 1 atom stereocenters. The van der Waals surface area contributed by atoms with Crippen molar-refractivity contribution in [2.45, 2.75) is 46.1 Å². The summed E-state index contributed by atoms with van der Waals surface area (Å²) in [6.07, 6.45) is 3.47. The van der Waals surface area contributed by atoms with Crippen molar-refractivity contribution in [1.29, 1.82) is 0 Å². The third-order valence-electron chi connectivity index (χ3n) is 4.15. The summed E-state index contributed by atoms with van der Waals surface area (Å²) in [7, 11) is 0. The van der Waals surface area contributed by atoms with Gasteiger partial charge in [-0.05, 0) is 45.1 Å². The predicted molar refractivity (Wildman–Crippen MR) is 69.2 cm³/mol. The molecule has 1 aromatic rings. The molecule has 1 aliphatic rings. The Morgan fingerprint density at radius 3 is 2.50 bits per heavy atom. The quantitative estimate of drug-likeness (QED) is 0.895. The number of aromatic carboxylic acids is 1. The van der Waals surface area contributed by atoms with Crippen molar-refractivity contribution < 1.29 is 9.90 Å². The molecule has 98 valence electrons. The molecular formula is C14H19NO3. The number of aromatic nitrogens is 1. The Hall–Kier alpha value is -1.58. The second-order valence-electron chi connectivity index (χ2n) is 5.23. The van der Waals surface area contributed by atoms with E-state index in [1.54, 1.807) is 18.4 Å². The molecule has 18 heavy (non-hydrogen) atoms. The van der Waals surface area contributed by atoms with Gasteiger partial charge in [-0.3, -0.25) is 4.79 Å². The zero-order chi connectivity index (χ0) is 13.4. The predicted octanol–water partition coefficient (Wildman–Crippen LogP) is 2.52. The fourth-order valence-electron chi connectivity index (χ4n) is 2.86. The minimum absolute atomic E-state index is 0.0879. The van der Waals surface area contributed by atoms with Crippen LogP contribution in [0.5, 0.6) is 0 Å². The number of carboxylic acid groups (broad SMARTS) is 1. The Morgan fingerprint density at radius 1 is 1.44 bits per heavy atom. The van der Waals surface area contributed by atoms with Gasteiger partial charge in [0.15, 0.2) is 0 Å². The van der Waals surface area contributed by atoms with E-state index in [0.717, 1.165) is 12.8 Å². The summed E-state index contributed by atoms with van der Waals surface area (Å²) >= 11 is 0. The number of pyridine rings is 1. The molecule has 2 rings (SSSR count). The lowest BCUT2D eigenvalue weighted by Gasteiger charge is -2.34. The third kappa shape index (κ3) is 1.96. The van der Waals surface area contributed by atoms with Crippen LogP contribution in [0.25, 0.3) is 0 Å². The summed E-state index contributed by atoms with van der Waals surface area (Å²) < 4.78 is 1.65. The van der Waals surface area contributed by atoms with Crippen LogP contribution in [0.15, 0.2) is 10.9 Å². The first-order chi connectivity index (χ1) is 8.43. The van der Waals surface area contributed by atoms with E-state index in [1.807, 2.05) is 6.92 Å². The van der Waals surface area contributed by atoms with Crippen molar-refractivity contribution in [3.8, 4) is 0 Å². The smallest absolute Gasteiger partial charge is 0.337 e. The lowest BCUT2D eigenvalue weighted by molar-refractivity contribution is 0.0693. The summed E-state index contributed by atoms with van der Waals surface area (Å²) in [5, 5.41) is 9.24. The molecule has 0 aromatic carbocycles. The average molecular weight is 249 g/mol. The molecule has 4 heteroatoms. The van der Waals surface area contributed by atoms with Crippen LogP contribution in [-0.4, -0.2) is 15.6 Å². The standard InChI is InChI=1S/C14H19NO3/c1-8-7-12(16)15(9(2)11-5-4-6-11)10(3)13(8)14(17)18/h7,9,11H,4-6H2,1-3H3,(H,17,18). The fourth-order valence-corrected chi connectivity index (χ4v) is 2.86. The molecule has 1 N–H and O–H groups in total. The van der Waals surface area contributed by atoms with Crippen LogP contribution >= 0.6 is 0 Å². The van der Waals surface area contributed by atoms with Crippen LogP contribution in [0.3, 0.4) is 0 Å². The molecule has 1 saturated carbocycles. The van der Waals surface area contributed by atoms with Gasteiger partial charge in [0.1, 0.15) is 0 Å². The number of carbonyl (C=O) groups is 1. The highest BCUT2D eigenvalue weighted by atomic mass is 16.4. The summed E-state index contributed by atoms with van der Waals surface area (Å²) in [5.41, 5.74) is 1.30. The van der Waals surface area contributed by atoms with Crippen molar-refractivity contribution in [1.82, 2.24) is 4.57 Å². The monoisotopic (exact) mass is 249 g/mol. The van der Waals surface area contributed by atoms with Gasteiger partial charge in [-0.1, -0.05) is 6.42 Å². The van der Waals surface area contributed by atoms with Gasteiger partial charge in [-0.25, -0.2) is 4.79 Å². The molecule has 0 bridgehead atoms. The van der Waals surface area contributed by atoms with Crippen molar-refractivity contribution in [2.75, 3.05) is 0 Å². The highest BCUT2D eigenvalue weighted by Gasteiger charge is 2.28. The molecule has 1 aliphatic carbocycles. The van der Waals surface area contributed by atoms with E-state index < -0.39 is 5.97 Å². The normalized spacial score (nSPS) is 17.3. The Bertz CT molecular complexity index is 541. The van der Waals surface area contributed by atoms with Gasteiger partial charge in [0.2, 0.25) is 0 Å². The van der Waals surface area contributed by atoms with Crippen molar-refractivity contribution in [2.24, 2.45) is 5.92 Å². The molecule has 0 spiro atoms. The molecule has 0 aliphatic heterocycles. The number of aryl methyl sites for hydroxylation is 1. The van der Waals surface area contributed by atoms with Crippen LogP contribution in [0, 0.1) is 19.8 Å². The number of rotatable bonds is 3. The SMILES string of the molecule is Cc1cc(=O)n(C(C)C2CCC2)c(C)c1C(=O)O. The topological polar surface area (TPSA) is 59.3 Å². The van der Waals surface area contributed by atoms with E-state index in [4.69, 9.17) is 0 Å². The summed E-state index contributed by atoms with van der Waals surface area (Å²) in [6.45, 7) is 5.42. The molecule has 1 aromatic heterocycles. The van der Waals surface area contributed by atoms with E-state index in [1.165, 1.54) is 12.5 Å². The maximum atomic E-state index is 12.1. The van der Waals surface area contributed by atoms with Gasteiger partial charge in [0, 0.05) is 17.8 Å². The van der Waals surface area contributed by atoms with Gasteiger partial charge < -0.3 is 9.67 Å². The fraction of sp³-hybridized carbons (Fsp3) is 0.571. The Labute approximate surface area is 106 Å². The Balaban J connectivity index is 2.56. The van der Waals surface area contributed by atoms with Crippen molar-refractivity contribution >= 4 is 5.97 Å². The minimum atomic E-state index is -0.959. The summed E-state index contributed by atoms with van der Waals surface area (Å²) in [4.78, 5) is 23.4. The number of nitrogens with zero attached hydrogens (tertiary/aromatic N) is 1. The molecule has 0 radical (unpaired) electrons. The molecule has 4 nitrogen and oxygen atoms in total. The van der Waals surface area contributed by atoms with Crippen LogP contribution in [0.1, 0.15) is 53.8 Å². The van der Waals surface area contributed by atoms with E-state index in [9.17, 15) is 14.7 Å². The molecule has 1 unspecified atom stereocenters. The molecule has 0 saturated heterocycles. The maximum Gasteiger partial charge on any atom is 0.337 e. The first kappa shape index (κ1) is 12.9. The van der Waals surface area contributed by atoms with Gasteiger partial charge in [-0.2, -0.15) is 0 Å². The lowest BCUT2D eigenvalue weighted by Crippen LogP contribution is -2.33. The molecule has 1 heterocycles. The maximum absolute atomic E-state index is 12.1. The minimum Gasteiger partial charge on any atom is -0.478 e. The van der Waals surface area contributed by atoms with Gasteiger partial charge in [0.05, 0.1) is 5.56 Å². The van der Waals surface area contributed by atoms with Gasteiger partial charge in [0.25, 0.3) is 5.56 Å². The molecule has 0 amide bonds. The van der Waals surface area contributed by atoms with Crippen LogP contribution in [-0.2, 0) is 0 Å². The van der Waals surface area contributed by atoms with Gasteiger partial charge in [-0.15, -0.1) is 0 Å². The number of hydrogen-bond acceptors (Lipinski definition) is 2. The summed E-state index contributed by atoms with van der Waals surface area (Å²) in [5.74, 6) is -0.453. The Kier molecular flexibility index (Phi) is 3.28. The zero-order valence-electron chi connectivity index (χ0n) is 11.1. The number of carboxylic acids is 1. The largest absolute Gasteiger partial charge is 0.478 e. The van der Waals surface area contributed by atoms with Crippen LogP contribution < -0.4 is 5.56 Å². The van der Waals surface area contributed by atoms with E-state index in [0.29, 0.717) is 17.2 Å². The molecule has 1 fully saturated rings. The zero-order valence-corrected chi connectivity index (χ0v) is 11.1. The third-order valence-corrected chi connectivity index (χ3v) is 4.15. The number of hydrogen-bond donors (Lipinski definition) is 1.